The average molecular weight is 427 g/mol. The van der Waals surface area contributed by atoms with Crippen LogP contribution in [-0.2, 0) is 13.0 Å². The zero-order valence-corrected chi connectivity index (χ0v) is 19.4. The zero-order chi connectivity index (χ0) is 22.4. The summed E-state index contributed by atoms with van der Waals surface area (Å²) in [5.41, 5.74) is 5.04. The predicted molar refractivity (Wildman–Crippen MR) is 123 cm³/mol. The third kappa shape index (κ3) is 5.50. The maximum Gasteiger partial charge on any atom is 0.315 e. The van der Waals surface area contributed by atoms with E-state index >= 15 is 0 Å². The van der Waals surface area contributed by atoms with Gasteiger partial charge < -0.3 is 25.0 Å². The molecule has 168 valence electrons. The number of hydrogen-bond acceptors (Lipinski definition) is 3. The molecule has 0 fully saturated rings. The number of fused-ring (bicyclic) bond motifs is 1. The van der Waals surface area contributed by atoms with E-state index in [4.69, 9.17) is 9.47 Å². The Hall–Kier alpha value is -2.73. The summed E-state index contributed by atoms with van der Waals surface area (Å²) in [7, 11) is 3.33. The minimum atomic E-state index is -0.114. The third-order valence-corrected chi connectivity index (χ3v) is 6.08. The topological polar surface area (TPSA) is 64.0 Å². The van der Waals surface area contributed by atoms with Gasteiger partial charge in [0.15, 0.2) is 11.5 Å². The van der Waals surface area contributed by atoms with Crippen molar-refractivity contribution in [1.82, 2.24) is 10.6 Å². The molecule has 0 spiro atoms. The Morgan fingerprint density at radius 3 is 2.48 bits per heavy atom. The molecule has 1 heterocycles. The van der Waals surface area contributed by atoms with Gasteiger partial charge in [-0.2, -0.15) is 0 Å². The van der Waals surface area contributed by atoms with Gasteiger partial charge >= 0.3 is 6.03 Å². The molecule has 0 bridgehead atoms. The van der Waals surface area contributed by atoms with E-state index < -0.39 is 0 Å². The fraction of sp³-hybridized carbons (Fsp3) is 0.480. The summed E-state index contributed by atoms with van der Waals surface area (Å²) >= 11 is 0. The van der Waals surface area contributed by atoms with E-state index in [0.29, 0.717) is 6.54 Å². The molecule has 0 saturated carbocycles. The number of methoxy groups -OCH3 is 2. The van der Waals surface area contributed by atoms with Crippen molar-refractivity contribution in [2.75, 3.05) is 27.3 Å². The van der Waals surface area contributed by atoms with Crippen molar-refractivity contribution in [1.29, 1.82) is 0 Å². The summed E-state index contributed by atoms with van der Waals surface area (Å²) in [6.07, 6.45) is 1.87. The number of amides is 2. The molecule has 0 aliphatic carbocycles. The van der Waals surface area contributed by atoms with E-state index in [1.807, 2.05) is 6.92 Å². The van der Waals surface area contributed by atoms with E-state index in [0.717, 1.165) is 37.4 Å². The van der Waals surface area contributed by atoms with Gasteiger partial charge in [0, 0.05) is 24.1 Å². The first-order valence-corrected chi connectivity index (χ1v) is 11.2. The molecule has 1 aliphatic rings. The van der Waals surface area contributed by atoms with Crippen molar-refractivity contribution in [2.24, 2.45) is 0 Å². The minimum Gasteiger partial charge on any atom is -0.493 e. The monoisotopic (exact) mass is 426 g/mol. The number of carbonyl (C=O) groups excluding carboxylic acids is 1. The summed E-state index contributed by atoms with van der Waals surface area (Å²) in [6, 6.07) is 12.9. The number of urea groups is 1. The van der Waals surface area contributed by atoms with E-state index in [9.17, 15) is 4.79 Å². The Morgan fingerprint density at radius 2 is 1.84 bits per heavy atom. The number of quaternary nitrogens is 1. The molecule has 1 unspecified atom stereocenters. The second kappa shape index (κ2) is 10.5. The minimum absolute atomic E-state index is 0.0468. The maximum atomic E-state index is 12.4. The standard InChI is InChI=1S/C25H35N3O3/c1-6-12-26-25(29)27-18(3)24-21-15-23(31-5)22(30-4)14-20(21)11-13-28(24)16-19-9-7-17(2)8-10-19/h7-10,14-15,18,24H,6,11-13,16H2,1-5H3,(H2,26,27,29)/p+1/t18-,24+/m0/s1. The number of aryl methyl sites for hydroxylation is 1. The van der Waals surface area contributed by atoms with E-state index in [1.54, 1.807) is 14.2 Å². The van der Waals surface area contributed by atoms with Crippen LogP contribution >= 0.6 is 0 Å². The van der Waals surface area contributed by atoms with Crippen LogP contribution in [0.25, 0.3) is 0 Å². The van der Waals surface area contributed by atoms with Crippen molar-refractivity contribution in [2.45, 2.75) is 52.2 Å². The second-order valence-corrected chi connectivity index (χ2v) is 8.39. The molecule has 3 rings (SSSR count). The summed E-state index contributed by atoms with van der Waals surface area (Å²) in [4.78, 5) is 13.9. The highest BCUT2D eigenvalue weighted by Crippen LogP contribution is 2.35. The molecule has 2 aromatic carbocycles. The SMILES string of the molecule is CCCNC(=O)N[C@@H](C)[C@@H]1c2cc(OC)c(OC)cc2CC[NH+]1Cc1ccc(C)cc1. The molecule has 2 aromatic rings. The maximum absolute atomic E-state index is 12.4. The highest BCUT2D eigenvalue weighted by Gasteiger charge is 2.37. The second-order valence-electron chi connectivity index (χ2n) is 8.39. The summed E-state index contributed by atoms with van der Waals surface area (Å²) in [5, 5.41) is 6.11. The number of nitrogens with one attached hydrogen (secondary N) is 3. The Morgan fingerprint density at radius 1 is 1.16 bits per heavy atom. The fourth-order valence-electron chi connectivity index (χ4n) is 4.48. The Balaban J connectivity index is 1.93. The van der Waals surface area contributed by atoms with Crippen LogP contribution in [0, 0.1) is 6.92 Å². The first-order chi connectivity index (χ1) is 15.0. The quantitative estimate of drug-likeness (QED) is 0.608. The van der Waals surface area contributed by atoms with Gasteiger partial charge in [-0.15, -0.1) is 0 Å². The van der Waals surface area contributed by atoms with Crippen molar-refractivity contribution in [3.63, 3.8) is 0 Å². The Kier molecular flexibility index (Phi) is 7.80. The molecule has 31 heavy (non-hydrogen) atoms. The molecular weight excluding hydrogens is 390 g/mol. The normalized spacial score (nSPS) is 18.6. The van der Waals surface area contributed by atoms with Gasteiger partial charge in [-0.05, 0) is 38.0 Å². The summed E-state index contributed by atoms with van der Waals surface area (Å²) in [6.45, 7) is 8.82. The van der Waals surface area contributed by atoms with E-state index in [1.165, 1.54) is 27.2 Å². The third-order valence-electron chi connectivity index (χ3n) is 6.08. The van der Waals surface area contributed by atoms with Crippen LogP contribution in [0.4, 0.5) is 4.79 Å². The predicted octanol–water partition coefficient (Wildman–Crippen LogP) is 2.79. The molecule has 6 heteroatoms. The summed E-state index contributed by atoms with van der Waals surface area (Å²) < 4.78 is 11.1. The first kappa shape index (κ1) is 22.9. The lowest BCUT2D eigenvalue weighted by Crippen LogP contribution is -3.13. The number of benzene rings is 2. The number of ether oxygens (including phenoxy) is 2. The van der Waals surface area contributed by atoms with Crippen LogP contribution in [-0.4, -0.2) is 39.4 Å². The van der Waals surface area contributed by atoms with E-state index in [-0.39, 0.29) is 18.1 Å². The van der Waals surface area contributed by atoms with Gasteiger partial charge in [0.25, 0.3) is 0 Å². The van der Waals surface area contributed by atoms with Crippen LogP contribution in [0.5, 0.6) is 11.5 Å². The molecule has 0 aromatic heterocycles. The Bertz CT molecular complexity index is 882. The highest BCUT2D eigenvalue weighted by atomic mass is 16.5. The molecule has 1 aliphatic heterocycles. The smallest absolute Gasteiger partial charge is 0.315 e. The van der Waals surface area contributed by atoms with Crippen LogP contribution in [0.15, 0.2) is 36.4 Å². The number of hydrogen-bond donors (Lipinski definition) is 3. The molecule has 3 atom stereocenters. The molecule has 6 nitrogen and oxygen atoms in total. The van der Waals surface area contributed by atoms with Gasteiger partial charge in [-0.1, -0.05) is 36.8 Å². The van der Waals surface area contributed by atoms with Crippen LogP contribution < -0.4 is 25.0 Å². The molecular formula is C25H36N3O3+. The van der Waals surface area contributed by atoms with Crippen LogP contribution in [0.3, 0.4) is 0 Å². The van der Waals surface area contributed by atoms with Crippen molar-refractivity contribution in [3.8, 4) is 11.5 Å². The van der Waals surface area contributed by atoms with Crippen molar-refractivity contribution in [3.05, 3.63) is 58.7 Å². The molecule has 3 N–H and O–H groups in total. The first-order valence-electron chi connectivity index (χ1n) is 11.2. The zero-order valence-electron chi connectivity index (χ0n) is 19.4. The largest absolute Gasteiger partial charge is 0.493 e. The van der Waals surface area contributed by atoms with Gasteiger partial charge in [0.2, 0.25) is 0 Å². The van der Waals surface area contributed by atoms with Crippen LogP contribution in [0.2, 0.25) is 0 Å². The lowest BCUT2D eigenvalue weighted by atomic mass is 9.87. The lowest BCUT2D eigenvalue weighted by Gasteiger charge is -2.38. The fourth-order valence-corrected chi connectivity index (χ4v) is 4.48. The highest BCUT2D eigenvalue weighted by molar-refractivity contribution is 5.74. The van der Waals surface area contributed by atoms with Gasteiger partial charge in [-0.25, -0.2) is 4.79 Å². The number of rotatable bonds is 8. The number of carbonyl (C=O) groups is 1. The Labute approximate surface area is 185 Å². The molecule has 0 radical (unpaired) electrons. The molecule has 0 saturated heterocycles. The van der Waals surface area contributed by atoms with Gasteiger partial charge in [0.05, 0.1) is 26.8 Å². The van der Waals surface area contributed by atoms with Crippen molar-refractivity contribution >= 4 is 6.03 Å². The lowest BCUT2D eigenvalue weighted by molar-refractivity contribution is -0.948. The van der Waals surface area contributed by atoms with Crippen LogP contribution in [0.1, 0.15) is 48.6 Å². The molecule has 2 amide bonds. The van der Waals surface area contributed by atoms with Crippen molar-refractivity contribution < 1.29 is 19.2 Å². The van der Waals surface area contributed by atoms with E-state index in [2.05, 4.69) is 60.9 Å². The van der Waals surface area contributed by atoms with Gasteiger partial charge in [-0.3, -0.25) is 0 Å². The summed E-state index contributed by atoms with van der Waals surface area (Å²) in [5.74, 6) is 1.48. The average Bonchev–Trinajstić information content (AvgIpc) is 2.77. The van der Waals surface area contributed by atoms with Gasteiger partial charge in [0.1, 0.15) is 12.6 Å².